The van der Waals surface area contributed by atoms with Gasteiger partial charge in [-0.05, 0) is 6.07 Å². The van der Waals surface area contributed by atoms with Crippen LogP contribution in [0.3, 0.4) is 0 Å². The molecule has 0 radical (unpaired) electrons. The van der Waals surface area contributed by atoms with Crippen LogP contribution in [-0.4, -0.2) is 27.4 Å². The number of aliphatic carboxylic acids is 1. The van der Waals surface area contributed by atoms with Crippen molar-refractivity contribution in [3.8, 4) is 6.07 Å². The average Bonchev–Trinajstić information content (AvgIpc) is 2.35. The van der Waals surface area contributed by atoms with Crippen LogP contribution in [-0.2, 0) is 4.79 Å². The molecule has 0 bridgehead atoms. The molecule has 0 fully saturated rings. The van der Waals surface area contributed by atoms with Crippen molar-refractivity contribution in [1.82, 2.24) is 0 Å². The SMILES string of the molecule is N#Cc1cc(C=O)cc([N+](=O)[O-])c1C(O)C(=O)O. The van der Waals surface area contributed by atoms with Crippen LogP contribution in [0.4, 0.5) is 5.69 Å². The Morgan fingerprint density at radius 1 is 1.56 bits per heavy atom. The number of carboxylic acids is 1. The molecule has 0 aliphatic carbocycles. The molecule has 0 amide bonds. The zero-order valence-corrected chi connectivity index (χ0v) is 8.73. The number of benzene rings is 1. The number of carbonyl (C=O) groups is 2. The Bertz CT molecular complexity index is 574. The van der Waals surface area contributed by atoms with Crippen molar-refractivity contribution >= 4 is 17.9 Å². The van der Waals surface area contributed by atoms with E-state index in [-0.39, 0.29) is 11.8 Å². The summed E-state index contributed by atoms with van der Waals surface area (Å²) in [6.07, 6.45) is -1.93. The lowest BCUT2D eigenvalue weighted by molar-refractivity contribution is -0.386. The van der Waals surface area contributed by atoms with Gasteiger partial charge in [0, 0.05) is 11.6 Å². The number of nitrogens with zero attached hydrogens (tertiary/aromatic N) is 2. The smallest absolute Gasteiger partial charge is 0.337 e. The van der Waals surface area contributed by atoms with E-state index in [4.69, 9.17) is 10.4 Å². The third-order valence-electron chi connectivity index (χ3n) is 2.14. The molecule has 0 aromatic heterocycles. The molecule has 8 nitrogen and oxygen atoms in total. The molecule has 0 aliphatic heterocycles. The van der Waals surface area contributed by atoms with E-state index >= 15 is 0 Å². The van der Waals surface area contributed by atoms with E-state index in [0.717, 1.165) is 12.1 Å². The number of rotatable bonds is 4. The minimum absolute atomic E-state index is 0.153. The zero-order valence-electron chi connectivity index (χ0n) is 8.73. The van der Waals surface area contributed by atoms with Crippen LogP contribution in [0.5, 0.6) is 0 Å². The first kappa shape index (κ1) is 13.3. The van der Waals surface area contributed by atoms with E-state index < -0.39 is 33.8 Å². The summed E-state index contributed by atoms with van der Waals surface area (Å²) < 4.78 is 0. The number of nitriles is 1. The third kappa shape index (κ3) is 2.31. The highest BCUT2D eigenvalue weighted by Gasteiger charge is 2.30. The molecule has 1 unspecified atom stereocenters. The lowest BCUT2D eigenvalue weighted by atomic mass is 9.98. The van der Waals surface area contributed by atoms with Gasteiger partial charge in [0.25, 0.3) is 5.69 Å². The third-order valence-corrected chi connectivity index (χ3v) is 2.14. The van der Waals surface area contributed by atoms with Gasteiger partial charge in [-0.25, -0.2) is 4.79 Å². The van der Waals surface area contributed by atoms with Gasteiger partial charge in [-0.15, -0.1) is 0 Å². The first-order chi connectivity index (χ1) is 8.42. The minimum Gasteiger partial charge on any atom is -0.479 e. The number of hydrogen-bond acceptors (Lipinski definition) is 6. The van der Waals surface area contributed by atoms with Gasteiger partial charge in [0.05, 0.1) is 22.1 Å². The van der Waals surface area contributed by atoms with E-state index in [9.17, 15) is 24.8 Å². The first-order valence-corrected chi connectivity index (χ1v) is 4.50. The first-order valence-electron chi connectivity index (χ1n) is 4.50. The summed E-state index contributed by atoms with van der Waals surface area (Å²) in [7, 11) is 0. The normalized spacial score (nSPS) is 11.3. The summed E-state index contributed by atoms with van der Waals surface area (Å²) in [4.78, 5) is 31.0. The lowest BCUT2D eigenvalue weighted by Gasteiger charge is -2.09. The Hall–Kier alpha value is -2.79. The highest BCUT2D eigenvalue weighted by atomic mass is 16.6. The van der Waals surface area contributed by atoms with E-state index in [0.29, 0.717) is 0 Å². The van der Waals surface area contributed by atoms with E-state index in [1.165, 1.54) is 6.07 Å². The van der Waals surface area contributed by atoms with Crippen LogP contribution < -0.4 is 0 Å². The molecule has 92 valence electrons. The number of nitro benzene ring substituents is 1. The number of aldehydes is 1. The van der Waals surface area contributed by atoms with E-state index in [1.54, 1.807) is 0 Å². The van der Waals surface area contributed by atoms with Crippen LogP contribution in [0, 0.1) is 21.4 Å². The Morgan fingerprint density at radius 2 is 2.17 bits per heavy atom. The lowest BCUT2D eigenvalue weighted by Crippen LogP contribution is -2.14. The second-order valence-corrected chi connectivity index (χ2v) is 3.23. The molecule has 2 N–H and O–H groups in total. The zero-order chi connectivity index (χ0) is 13.9. The second-order valence-electron chi connectivity index (χ2n) is 3.23. The molecule has 0 spiro atoms. The Labute approximate surface area is 99.8 Å². The second kappa shape index (κ2) is 5.03. The van der Waals surface area contributed by atoms with Gasteiger partial charge in [0.15, 0.2) is 6.10 Å². The van der Waals surface area contributed by atoms with Crippen LogP contribution in [0.1, 0.15) is 27.6 Å². The maximum Gasteiger partial charge on any atom is 0.337 e. The molecule has 0 saturated heterocycles. The molecular formula is C10H6N2O6. The standard InChI is InChI=1S/C10H6N2O6/c11-3-6-1-5(4-13)2-7(12(17)18)8(6)9(14)10(15)16/h1-2,4,9,14H,(H,15,16). The number of carboxylic acid groups (broad SMARTS) is 1. The average molecular weight is 250 g/mol. The molecule has 18 heavy (non-hydrogen) atoms. The number of aliphatic hydroxyl groups is 1. The molecule has 8 heteroatoms. The molecular weight excluding hydrogens is 244 g/mol. The molecule has 1 rings (SSSR count). The Morgan fingerprint density at radius 3 is 2.56 bits per heavy atom. The van der Waals surface area contributed by atoms with Crippen LogP contribution in [0.25, 0.3) is 0 Å². The van der Waals surface area contributed by atoms with E-state index in [1.807, 2.05) is 0 Å². The van der Waals surface area contributed by atoms with Gasteiger partial charge < -0.3 is 10.2 Å². The van der Waals surface area contributed by atoms with Crippen molar-refractivity contribution in [2.24, 2.45) is 0 Å². The monoisotopic (exact) mass is 250 g/mol. The van der Waals surface area contributed by atoms with Crippen molar-refractivity contribution in [1.29, 1.82) is 5.26 Å². The molecule has 1 aromatic rings. The van der Waals surface area contributed by atoms with Gasteiger partial charge in [0.2, 0.25) is 0 Å². The molecule has 1 aromatic carbocycles. The van der Waals surface area contributed by atoms with Gasteiger partial charge >= 0.3 is 5.97 Å². The molecule has 0 saturated carbocycles. The van der Waals surface area contributed by atoms with E-state index in [2.05, 4.69) is 0 Å². The molecule has 0 aliphatic rings. The summed E-state index contributed by atoms with van der Waals surface area (Å²) in [5.74, 6) is -1.73. The van der Waals surface area contributed by atoms with Crippen molar-refractivity contribution in [2.75, 3.05) is 0 Å². The fraction of sp³-hybridized carbons (Fsp3) is 0.100. The summed E-state index contributed by atoms with van der Waals surface area (Å²) in [6, 6.07) is 3.29. The van der Waals surface area contributed by atoms with Gasteiger partial charge in [0.1, 0.15) is 6.29 Å². The molecule has 1 atom stereocenters. The number of nitro groups is 1. The van der Waals surface area contributed by atoms with Crippen molar-refractivity contribution in [2.45, 2.75) is 6.10 Å². The minimum atomic E-state index is -2.21. The van der Waals surface area contributed by atoms with Gasteiger partial charge in [-0.1, -0.05) is 0 Å². The maximum absolute atomic E-state index is 10.8. The summed E-state index contributed by atoms with van der Waals surface area (Å²) in [5, 5.41) is 37.5. The fourth-order valence-electron chi connectivity index (χ4n) is 1.38. The highest BCUT2D eigenvalue weighted by molar-refractivity contribution is 5.82. The van der Waals surface area contributed by atoms with Crippen LogP contribution in [0.2, 0.25) is 0 Å². The van der Waals surface area contributed by atoms with Gasteiger partial charge in [-0.2, -0.15) is 5.26 Å². The van der Waals surface area contributed by atoms with Crippen LogP contribution in [0.15, 0.2) is 12.1 Å². The highest BCUT2D eigenvalue weighted by Crippen LogP contribution is 2.30. The van der Waals surface area contributed by atoms with Crippen LogP contribution >= 0.6 is 0 Å². The predicted molar refractivity (Wildman–Crippen MR) is 55.8 cm³/mol. The summed E-state index contributed by atoms with van der Waals surface area (Å²) >= 11 is 0. The van der Waals surface area contributed by atoms with Crippen molar-refractivity contribution in [3.05, 3.63) is 38.9 Å². The number of hydrogen-bond donors (Lipinski definition) is 2. The van der Waals surface area contributed by atoms with Crippen molar-refractivity contribution in [3.63, 3.8) is 0 Å². The number of aliphatic hydroxyl groups excluding tert-OH is 1. The Kier molecular flexibility index (Phi) is 3.71. The predicted octanol–water partition coefficient (Wildman–Crippen LogP) is 0.397. The quantitative estimate of drug-likeness (QED) is 0.447. The largest absolute Gasteiger partial charge is 0.479 e. The topological polar surface area (TPSA) is 142 Å². The van der Waals surface area contributed by atoms with Crippen molar-refractivity contribution < 1.29 is 24.7 Å². The fourth-order valence-corrected chi connectivity index (χ4v) is 1.38. The molecule has 0 heterocycles. The summed E-state index contributed by atoms with van der Waals surface area (Å²) in [5.41, 5.74) is -2.01. The summed E-state index contributed by atoms with van der Waals surface area (Å²) in [6.45, 7) is 0. The van der Waals surface area contributed by atoms with Gasteiger partial charge in [-0.3, -0.25) is 14.9 Å². The number of carbonyl (C=O) groups excluding carboxylic acids is 1. The Balaban J connectivity index is 3.65. The maximum atomic E-state index is 10.8.